The Balaban J connectivity index is 1.84. The summed E-state index contributed by atoms with van der Waals surface area (Å²) in [6, 6.07) is 15.7. The number of aryl methyl sites for hydroxylation is 1. The molecule has 1 heterocycles. The lowest BCUT2D eigenvalue weighted by Gasteiger charge is -2.24. The molecule has 1 atom stereocenters. The molecule has 4 heteroatoms. The number of halogens is 1. The number of hydrogen-bond acceptors (Lipinski definition) is 2. The van der Waals surface area contributed by atoms with Crippen molar-refractivity contribution in [1.29, 1.82) is 0 Å². The molecule has 22 heavy (non-hydrogen) atoms. The lowest BCUT2D eigenvalue weighted by Crippen LogP contribution is -2.30. The second kappa shape index (κ2) is 6.76. The minimum Gasteiger partial charge on any atom is -0.322 e. The van der Waals surface area contributed by atoms with Crippen molar-refractivity contribution in [1.82, 2.24) is 4.90 Å². The third kappa shape index (κ3) is 3.16. The standard InChI is InChI=1S/C18H18ClNOS/c1-2-13-6-8-14(9-7-13)17(21)20-10-11-22-18(20)15-4-3-5-16(19)12-15/h3-9,12,18H,2,10-11H2,1H3/t18-/m0/s1. The Labute approximate surface area is 140 Å². The summed E-state index contributed by atoms with van der Waals surface area (Å²) in [7, 11) is 0. The van der Waals surface area contributed by atoms with Crippen LogP contribution in [0.1, 0.15) is 33.8 Å². The van der Waals surface area contributed by atoms with E-state index in [0.717, 1.165) is 29.8 Å². The number of carbonyl (C=O) groups is 1. The molecule has 0 spiro atoms. The van der Waals surface area contributed by atoms with Crippen LogP contribution in [-0.4, -0.2) is 23.1 Å². The number of amides is 1. The van der Waals surface area contributed by atoms with E-state index >= 15 is 0 Å². The van der Waals surface area contributed by atoms with Crippen LogP contribution in [0.2, 0.25) is 5.02 Å². The molecule has 0 N–H and O–H groups in total. The second-order valence-corrected chi connectivity index (χ2v) is 6.95. The zero-order valence-electron chi connectivity index (χ0n) is 12.5. The largest absolute Gasteiger partial charge is 0.322 e. The van der Waals surface area contributed by atoms with Crippen molar-refractivity contribution in [3.63, 3.8) is 0 Å². The van der Waals surface area contributed by atoms with Gasteiger partial charge in [0.15, 0.2) is 0 Å². The average Bonchev–Trinajstić information content (AvgIpc) is 3.04. The van der Waals surface area contributed by atoms with Crippen molar-refractivity contribution in [2.75, 3.05) is 12.3 Å². The Hall–Kier alpha value is -1.45. The minimum atomic E-state index is 0.0528. The number of nitrogens with zero attached hydrogens (tertiary/aromatic N) is 1. The molecule has 0 bridgehead atoms. The Morgan fingerprint density at radius 2 is 2.05 bits per heavy atom. The van der Waals surface area contributed by atoms with Crippen LogP contribution in [0.25, 0.3) is 0 Å². The van der Waals surface area contributed by atoms with Gasteiger partial charge >= 0.3 is 0 Å². The molecule has 2 aromatic carbocycles. The molecule has 114 valence electrons. The normalized spacial score (nSPS) is 17.7. The fraction of sp³-hybridized carbons (Fsp3) is 0.278. The van der Waals surface area contributed by atoms with Gasteiger partial charge in [0.2, 0.25) is 0 Å². The van der Waals surface area contributed by atoms with Crippen molar-refractivity contribution >= 4 is 29.3 Å². The fourth-order valence-electron chi connectivity index (χ4n) is 2.66. The zero-order chi connectivity index (χ0) is 15.5. The monoisotopic (exact) mass is 331 g/mol. The highest BCUT2D eigenvalue weighted by Crippen LogP contribution is 2.39. The van der Waals surface area contributed by atoms with Crippen LogP contribution in [0.4, 0.5) is 0 Å². The van der Waals surface area contributed by atoms with Gasteiger partial charge in [-0.15, -0.1) is 11.8 Å². The smallest absolute Gasteiger partial charge is 0.255 e. The van der Waals surface area contributed by atoms with Crippen LogP contribution in [0.15, 0.2) is 48.5 Å². The van der Waals surface area contributed by atoms with E-state index in [4.69, 9.17) is 11.6 Å². The quantitative estimate of drug-likeness (QED) is 0.806. The van der Waals surface area contributed by atoms with E-state index in [2.05, 4.69) is 6.92 Å². The fourth-order valence-corrected chi connectivity index (χ4v) is 4.11. The molecular formula is C18H18ClNOS. The van der Waals surface area contributed by atoms with Crippen LogP contribution >= 0.6 is 23.4 Å². The lowest BCUT2D eigenvalue weighted by atomic mass is 10.1. The van der Waals surface area contributed by atoms with Crippen LogP contribution < -0.4 is 0 Å². The molecule has 1 aliphatic heterocycles. The first-order valence-electron chi connectivity index (χ1n) is 7.46. The first kappa shape index (κ1) is 15.4. The van der Waals surface area contributed by atoms with E-state index in [9.17, 15) is 4.79 Å². The summed E-state index contributed by atoms with van der Waals surface area (Å²) in [5.74, 6) is 1.05. The third-order valence-electron chi connectivity index (χ3n) is 3.89. The second-order valence-electron chi connectivity index (χ2n) is 5.33. The molecule has 1 amide bonds. The van der Waals surface area contributed by atoms with Crippen LogP contribution in [-0.2, 0) is 6.42 Å². The van der Waals surface area contributed by atoms with Gasteiger partial charge in [0.25, 0.3) is 5.91 Å². The summed E-state index contributed by atoms with van der Waals surface area (Å²) in [5.41, 5.74) is 3.10. The Morgan fingerprint density at radius 3 is 2.73 bits per heavy atom. The van der Waals surface area contributed by atoms with Gasteiger partial charge in [-0.25, -0.2) is 0 Å². The van der Waals surface area contributed by atoms with E-state index < -0.39 is 0 Å². The number of thioether (sulfide) groups is 1. The summed E-state index contributed by atoms with van der Waals surface area (Å²) >= 11 is 7.88. The van der Waals surface area contributed by atoms with Crippen molar-refractivity contribution in [3.8, 4) is 0 Å². The summed E-state index contributed by atoms with van der Waals surface area (Å²) in [5, 5.41) is 0.766. The van der Waals surface area contributed by atoms with E-state index in [-0.39, 0.29) is 11.3 Å². The molecular weight excluding hydrogens is 314 g/mol. The minimum absolute atomic E-state index is 0.0528. The molecule has 2 aromatic rings. The van der Waals surface area contributed by atoms with Gasteiger partial charge in [0, 0.05) is 22.9 Å². The molecule has 0 saturated carbocycles. The molecule has 0 aliphatic carbocycles. The highest BCUT2D eigenvalue weighted by atomic mass is 35.5. The number of carbonyl (C=O) groups excluding carboxylic acids is 1. The molecule has 1 aliphatic rings. The van der Waals surface area contributed by atoms with Gasteiger partial charge < -0.3 is 4.90 Å². The Bertz CT molecular complexity index is 671. The maximum absolute atomic E-state index is 12.8. The predicted octanol–water partition coefficient (Wildman–Crippen LogP) is 4.79. The summed E-state index contributed by atoms with van der Waals surface area (Å²) in [6.45, 7) is 2.89. The van der Waals surface area contributed by atoms with Gasteiger partial charge in [0.05, 0.1) is 0 Å². The first-order chi connectivity index (χ1) is 10.7. The van der Waals surface area contributed by atoms with Crippen molar-refractivity contribution < 1.29 is 4.79 Å². The maximum Gasteiger partial charge on any atom is 0.255 e. The number of hydrogen-bond donors (Lipinski definition) is 0. The van der Waals surface area contributed by atoms with Crippen LogP contribution in [0.5, 0.6) is 0 Å². The summed E-state index contributed by atoms with van der Waals surface area (Å²) in [4.78, 5) is 14.7. The van der Waals surface area contributed by atoms with Crippen LogP contribution in [0.3, 0.4) is 0 Å². The maximum atomic E-state index is 12.8. The van der Waals surface area contributed by atoms with Gasteiger partial charge in [0.1, 0.15) is 5.37 Å². The summed E-state index contributed by atoms with van der Waals surface area (Å²) < 4.78 is 0. The third-order valence-corrected chi connectivity index (χ3v) is 5.39. The molecule has 2 nitrogen and oxygen atoms in total. The molecule has 0 aromatic heterocycles. The Morgan fingerprint density at radius 1 is 1.27 bits per heavy atom. The molecule has 1 saturated heterocycles. The van der Waals surface area contributed by atoms with E-state index in [1.807, 2.05) is 53.4 Å². The molecule has 3 rings (SSSR count). The Kier molecular flexibility index (Phi) is 4.74. The highest BCUT2D eigenvalue weighted by Gasteiger charge is 2.31. The van der Waals surface area contributed by atoms with Gasteiger partial charge in [-0.3, -0.25) is 4.79 Å². The van der Waals surface area contributed by atoms with E-state index in [0.29, 0.717) is 5.02 Å². The van der Waals surface area contributed by atoms with Gasteiger partial charge in [-0.05, 0) is 41.8 Å². The van der Waals surface area contributed by atoms with Crippen molar-refractivity contribution in [2.45, 2.75) is 18.7 Å². The molecule has 0 radical (unpaired) electrons. The summed E-state index contributed by atoms with van der Waals surface area (Å²) in [6.07, 6.45) is 0.985. The van der Waals surface area contributed by atoms with Gasteiger partial charge in [-0.2, -0.15) is 0 Å². The number of rotatable bonds is 3. The van der Waals surface area contributed by atoms with E-state index in [1.165, 1.54) is 5.56 Å². The molecule has 0 unspecified atom stereocenters. The topological polar surface area (TPSA) is 20.3 Å². The van der Waals surface area contributed by atoms with Crippen molar-refractivity contribution in [3.05, 3.63) is 70.2 Å². The first-order valence-corrected chi connectivity index (χ1v) is 8.88. The lowest BCUT2D eigenvalue weighted by molar-refractivity contribution is 0.0760. The van der Waals surface area contributed by atoms with Crippen molar-refractivity contribution in [2.24, 2.45) is 0 Å². The predicted molar refractivity (Wildman–Crippen MR) is 93.5 cm³/mol. The van der Waals surface area contributed by atoms with Crippen LogP contribution in [0, 0.1) is 0 Å². The van der Waals surface area contributed by atoms with Gasteiger partial charge in [-0.1, -0.05) is 42.8 Å². The highest BCUT2D eigenvalue weighted by molar-refractivity contribution is 7.99. The molecule has 1 fully saturated rings. The van der Waals surface area contributed by atoms with E-state index in [1.54, 1.807) is 11.8 Å². The zero-order valence-corrected chi connectivity index (χ0v) is 14.0. The average molecular weight is 332 g/mol. The number of benzene rings is 2. The SMILES string of the molecule is CCc1ccc(C(=O)N2CCS[C@H]2c2cccc(Cl)c2)cc1.